The first-order chi connectivity index (χ1) is 46.8. The molecule has 0 heterocycles. The molecule has 0 atom stereocenters. The summed E-state index contributed by atoms with van der Waals surface area (Å²) in [7, 11) is 0. The van der Waals surface area contributed by atoms with Crippen molar-refractivity contribution >= 4 is 23.9 Å². The van der Waals surface area contributed by atoms with Gasteiger partial charge in [0, 0.05) is 0 Å². The van der Waals surface area contributed by atoms with E-state index in [0.29, 0.717) is 35.8 Å². The van der Waals surface area contributed by atoms with E-state index in [2.05, 4.69) is 52.0 Å². The summed E-state index contributed by atoms with van der Waals surface area (Å²) >= 11 is 0. The number of unbranched alkanes of at least 4 members (excludes halogenated alkanes) is 28. The summed E-state index contributed by atoms with van der Waals surface area (Å²) in [5, 5.41) is 34.9. The molecule has 6 aromatic rings. The second kappa shape index (κ2) is 55.5. The molecular weight excluding hydrogens is 1200 g/mol. The predicted molar refractivity (Wildman–Crippen MR) is 393 cm³/mol. The van der Waals surface area contributed by atoms with E-state index in [1.807, 2.05) is 72.8 Å². The van der Waals surface area contributed by atoms with Gasteiger partial charge in [0.05, 0.1) is 11.1 Å². The third-order valence-corrected chi connectivity index (χ3v) is 16.9. The van der Waals surface area contributed by atoms with E-state index in [9.17, 15) is 19.2 Å². The minimum Gasteiger partial charge on any atom is -0.489 e. The van der Waals surface area contributed by atoms with E-state index >= 15 is 0 Å². The predicted octanol–water partition coefficient (Wildman–Crippen LogP) is 23.0. The Morgan fingerprint density at radius 1 is 0.240 bits per heavy atom. The minimum atomic E-state index is -0.948. The van der Waals surface area contributed by atoms with Crippen LogP contribution in [0.4, 0.5) is 0 Å². The van der Waals surface area contributed by atoms with Gasteiger partial charge >= 0.3 is 23.9 Å². The Labute approximate surface area is 578 Å². The molecule has 0 aliphatic rings. The lowest BCUT2D eigenvalue weighted by Crippen LogP contribution is -2.09. The standard InChI is InChI=1S/C26H36O3.C22H28O3.C20H32O3.C16H24O3/c1-2-3-4-5-6-7-8-9-10-11-12-22-15-19-25(20-16-22)29-21-23-13-17-24(18-14-23)26(27)28;1-2-3-4-5-6-7-8-18-11-15-21(16-12-18)25-17-19-9-13-20(14-10-19)22(23)24;1-2-3-4-5-6-7-8-9-10-11-12-18-13-15-19(16-14-18)23-17-20(21)22;1-2-3-4-5-6-7-8-14-9-11-15(12-10-14)19-13-16(17)18/h13-20H,2-12,21H2,1H3,(H,27,28);9-16H,2-8,17H2,1H3,(H,23,24);13-16H,2-12,17H2,1H3,(H,21,22);9-12H,2-8,13H2,1H3,(H,17,18). The van der Waals surface area contributed by atoms with Gasteiger partial charge in [0.25, 0.3) is 0 Å². The number of aromatic carboxylic acids is 2. The maximum Gasteiger partial charge on any atom is 0.341 e. The molecule has 0 fully saturated rings. The Balaban J connectivity index is 0.000000337. The highest BCUT2D eigenvalue weighted by Gasteiger charge is 2.07. The van der Waals surface area contributed by atoms with E-state index in [1.165, 1.54) is 228 Å². The van der Waals surface area contributed by atoms with Crippen molar-refractivity contribution in [1.82, 2.24) is 0 Å². The van der Waals surface area contributed by atoms with Gasteiger partial charge in [-0.05, 0) is 158 Å². The lowest BCUT2D eigenvalue weighted by Gasteiger charge is -2.08. The van der Waals surface area contributed by atoms with Crippen LogP contribution in [0.15, 0.2) is 146 Å². The number of rotatable bonds is 50. The van der Waals surface area contributed by atoms with Crippen LogP contribution in [0.5, 0.6) is 23.0 Å². The van der Waals surface area contributed by atoms with Crippen LogP contribution in [0.25, 0.3) is 0 Å². The maximum absolute atomic E-state index is 10.9. The Hall–Kier alpha value is -7.60. The number of carbonyl (C=O) groups is 4. The Kier molecular flexibility index (Phi) is 47.8. The molecule has 0 spiro atoms. The molecule has 0 saturated heterocycles. The highest BCUT2D eigenvalue weighted by Crippen LogP contribution is 2.22. The number of benzene rings is 6. The highest BCUT2D eigenvalue weighted by molar-refractivity contribution is 5.88. The van der Waals surface area contributed by atoms with Gasteiger partial charge in [0.2, 0.25) is 0 Å². The van der Waals surface area contributed by atoms with Crippen molar-refractivity contribution in [2.24, 2.45) is 0 Å². The SMILES string of the molecule is CCCCCCCCCCCCc1ccc(OCC(=O)O)cc1.CCCCCCCCCCCCc1ccc(OCc2ccc(C(=O)O)cc2)cc1.CCCCCCCCc1ccc(OCC(=O)O)cc1.CCCCCCCCc1ccc(OCc2ccc(C(=O)O)cc2)cc1. The molecule has 0 amide bonds. The first kappa shape index (κ1) is 82.6. The van der Waals surface area contributed by atoms with Crippen molar-refractivity contribution in [3.8, 4) is 23.0 Å². The molecule has 0 saturated carbocycles. The van der Waals surface area contributed by atoms with Crippen molar-refractivity contribution < 1.29 is 58.6 Å². The number of carboxylic acids is 4. The molecule has 6 aromatic carbocycles. The van der Waals surface area contributed by atoms with Crippen molar-refractivity contribution in [3.05, 3.63) is 190 Å². The summed E-state index contributed by atoms with van der Waals surface area (Å²) in [4.78, 5) is 42.5. The number of ether oxygens (including phenoxy) is 4. The smallest absolute Gasteiger partial charge is 0.341 e. The number of carboxylic acid groups (broad SMARTS) is 4. The summed E-state index contributed by atoms with van der Waals surface area (Å²) in [5.41, 5.74) is 7.82. The Morgan fingerprint density at radius 2 is 0.427 bits per heavy atom. The van der Waals surface area contributed by atoms with E-state index in [0.717, 1.165) is 48.3 Å². The van der Waals surface area contributed by atoms with Crippen LogP contribution in [0, 0.1) is 0 Å². The summed E-state index contributed by atoms with van der Waals surface area (Å²) in [6, 6.07) is 45.7. The van der Waals surface area contributed by atoms with Crippen LogP contribution in [-0.4, -0.2) is 57.5 Å². The van der Waals surface area contributed by atoms with Gasteiger partial charge in [-0.15, -0.1) is 0 Å². The third-order valence-electron chi connectivity index (χ3n) is 16.9. The van der Waals surface area contributed by atoms with Gasteiger partial charge in [-0.2, -0.15) is 0 Å². The fourth-order valence-corrected chi connectivity index (χ4v) is 11.0. The van der Waals surface area contributed by atoms with E-state index in [-0.39, 0.29) is 13.2 Å². The molecule has 0 aliphatic carbocycles. The second-order valence-electron chi connectivity index (χ2n) is 25.4. The lowest BCUT2D eigenvalue weighted by atomic mass is 10.0. The average molecular weight is 1320 g/mol. The summed E-state index contributed by atoms with van der Waals surface area (Å²) in [6.45, 7) is 9.33. The molecule has 12 nitrogen and oxygen atoms in total. The van der Waals surface area contributed by atoms with E-state index in [1.54, 1.807) is 48.5 Å². The molecule has 4 N–H and O–H groups in total. The van der Waals surface area contributed by atoms with Crippen molar-refractivity contribution in [3.63, 3.8) is 0 Å². The number of aliphatic carboxylic acids is 2. The molecule has 0 radical (unpaired) electrons. The first-order valence-electron chi connectivity index (χ1n) is 36.8. The van der Waals surface area contributed by atoms with Crippen LogP contribution >= 0.6 is 0 Å². The van der Waals surface area contributed by atoms with Gasteiger partial charge in [-0.25, -0.2) is 19.2 Å². The summed E-state index contributed by atoms with van der Waals surface area (Å²) in [6.07, 6.45) is 47.4. The van der Waals surface area contributed by atoms with Crippen molar-refractivity contribution in [2.75, 3.05) is 13.2 Å². The van der Waals surface area contributed by atoms with Crippen molar-refractivity contribution in [2.45, 2.75) is 272 Å². The monoisotopic (exact) mass is 1320 g/mol. The van der Waals surface area contributed by atoms with Gasteiger partial charge in [-0.1, -0.05) is 280 Å². The minimum absolute atomic E-state index is 0.280. The zero-order chi connectivity index (χ0) is 69.3. The van der Waals surface area contributed by atoms with Gasteiger partial charge in [0.15, 0.2) is 13.2 Å². The number of aryl methyl sites for hydroxylation is 4. The lowest BCUT2D eigenvalue weighted by molar-refractivity contribution is -0.140. The fourth-order valence-electron chi connectivity index (χ4n) is 11.0. The van der Waals surface area contributed by atoms with Crippen molar-refractivity contribution in [1.29, 1.82) is 0 Å². The molecular formula is C84H120O12. The first-order valence-corrected chi connectivity index (χ1v) is 36.8. The molecule has 12 heteroatoms. The highest BCUT2D eigenvalue weighted by atomic mass is 16.5. The zero-order valence-corrected chi connectivity index (χ0v) is 59.2. The van der Waals surface area contributed by atoms with Crippen LogP contribution in [0.1, 0.15) is 287 Å². The maximum atomic E-state index is 10.9. The quantitative estimate of drug-likeness (QED) is 0.0265. The van der Waals surface area contributed by atoms with Crippen LogP contribution < -0.4 is 18.9 Å². The molecule has 0 bridgehead atoms. The largest absolute Gasteiger partial charge is 0.489 e. The van der Waals surface area contributed by atoms with Gasteiger partial charge < -0.3 is 39.4 Å². The second-order valence-corrected chi connectivity index (χ2v) is 25.4. The molecule has 0 unspecified atom stereocenters. The van der Waals surface area contributed by atoms with Crippen LogP contribution in [0.3, 0.4) is 0 Å². The topological polar surface area (TPSA) is 186 Å². The normalized spacial score (nSPS) is 10.6. The summed E-state index contributed by atoms with van der Waals surface area (Å²) in [5.74, 6) is -0.777. The fraction of sp³-hybridized carbons (Fsp3) is 0.524. The molecule has 528 valence electrons. The number of hydrogen-bond acceptors (Lipinski definition) is 8. The summed E-state index contributed by atoms with van der Waals surface area (Å²) < 4.78 is 21.8. The molecule has 0 aromatic heterocycles. The van der Waals surface area contributed by atoms with Gasteiger partial charge in [0.1, 0.15) is 36.2 Å². The van der Waals surface area contributed by atoms with Crippen LogP contribution in [0.2, 0.25) is 0 Å². The molecule has 6 rings (SSSR count). The molecule has 0 aliphatic heterocycles. The Morgan fingerprint density at radius 3 is 0.625 bits per heavy atom. The number of hydrogen-bond donors (Lipinski definition) is 4. The average Bonchev–Trinajstić information content (AvgIpc) is 1.24. The Bertz CT molecular complexity index is 2870. The third kappa shape index (κ3) is 43.5. The van der Waals surface area contributed by atoms with E-state index < -0.39 is 23.9 Å². The van der Waals surface area contributed by atoms with E-state index in [4.69, 9.17) is 39.4 Å². The molecule has 96 heavy (non-hydrogen) atoms. The van der Waals surface area contributed by atoms with Crippen LogP contribution in [-0.2, 0) is 48.5 Å². The zero-order valence-electron chi connectivity index (χ0n) is 59.2. The van der Waals surface area contributed by atoms with Gasteiger partial charge in [-0.3, -0.25) is 0 Å².